The molecule has 7 atom stereocenters. The van der Waals surface area contributed by atoms with Crippen LogP contribution in [0.4, 0.5) is 4.39 Å². The van der Waals surface area contributed by atoms with Gasteiger partial charge in [-0.1, -0.05) is 31.9 Å². The lowest BCUT2D eigenvalue weighted by Crippen LogP contribution is -2.56. The summed E-state index contributed by atoms with van der Waals surface area (Å²) in [6.45, 7) is 4.29. The van der Waals surface area contributed by atoms with Gasteiger partial charge < -0.3 is 10.2 Å². The van der Waals surface area contributed by atoms with Gasteiger partial charge in [-0.2, -0.15) is 0 Å². The summed E-state index contributed by atoms with van der Waals surface area (Å²) in [6.07, 6.45) is 9.10. The second kappa shape index (κ2) is 4.57. The second-order valence-electron chi connectivity index (χ2n) is 8.85. The van der Waals surface area contributed by atoms with E-state index >= 15 is 0 Å². The van der Waals surface area contributed by atoms with Crippen LogP contribution in [0.25, 0.3) is 0 Å². The standard InChI is InChI=1S/C19H29FO2/c1-17-8-4-3-5-12(17)11-15(21)16-13(17)6-9-18(2)14(16)7-10-19(18,20)22/h11,13-16,21-22H,3-10H2,1-2H3/t13-,14+,15?,16-,17+,18+,19?/m1/s1. The molecule has 0 aliphatic heterocycles. The predicted molar refractivity (Wildman–Crippen MR) is 83.8 cm³/mol. The third-order valence-corrected chi connectivity index (χ3v) is 8.09. The molecule has 0 aromatic carbocycles. The lowest BCUT2D eigenvalue weighted by Gasteiger charge is -2.58. The van der Waals surface area contributed by atoms with Gasteiger partial charge >= 0.3 is 0 Å². The van der Waals surface area contributed by atoms with Gasteiger partial charge in [-0.15, -0.1) is 0 Å². The molecule has 4 rings (SSSR count). The fourth-order valence-corrected chi connectivity index (χ4v) is 6.64. The Morgan fingerprint density at radius 3 is 2.59 bits per heavy atom. The van der Waals surface area contributed by atoms with Gasteiger partial charge in [0.1, 0.15) is 0 Å². The van der Waals surface area contributed by atoms with Crippen molar-refractivity contribution >= 4 is 0 Å². The van der Waals surface area contributed by atoms with Crippen molar-refractivity contribution in [3.05, 3.63) is 11.6 Å². The minimum absolute atomic E-state index is 0.104. The van der Waals surface area contributed by atoms with Crippen LogP contribution in [-0.2, 0) is 0 Å². The van der Waals surface area contributed by atoms with Crippen molar-refractivity contribution in [1.29, 1.82) is 0 Å². The van der Waals surface area contributed by atoms with Crippen LogP contribution in [-0.4, -0.2) is 22.2 Å². The SMILES string of the molecule is C[C@]12CCCCC1=CC(O)[C@@H]1[C@H]2CC[C@@]2(C)[C@H]1CCC2(O)F. The van der Waals surface area contributed by atoms with Crippen molar-refractivity contribution in [1.82, 2.24) is 0 Å². The summed E-state index contributed by atoms with van der Waals surface area (Å²) in [4.78, 5) is 0. The largest absolute Gasteiger partial charge is 0.389 e. The van der Waals surface area contributed by atoms with E-state index in [1.807, 2.05) is 6.92 Å². The number of alkyl halides is 1. The molecule has 0 saturated heterocycles. The highest BCUT2D eigenvalue weighted by molar-refractivity contribution is 5.27. The normalized spacial score (nSPS) is 57.6. The van der Waals surface area contributed by atoms with Crippen LogP contribution >= 0.6 is 0 Å². The van der Waals surface area contributed by atoms with Gasteiger partial charge in [-0.25, -0.2) is 4.39 Å². The van der Waals surface area contributed by atoms with Crippen molar-refractivity contribution in [2.45, 2.75) is 77.2 Å². The average Bonchev–Trinajstić information content (AvgIpc) is 2.70. The molecule has 4 aliphatic rings. The van der Waals surface area contributed by atoms with E-state index in [2.05, 4.69) is 13.0 Å². The minimum atomic E-state index is -2.06. The molecule has 0 aromatic heterocycles. The molecule has 4 aliphatic carbocycles. The van der Waals surface area contributed by atoms with E-state index in [1.165, 1.54) is 24.8 Å². The maximum atomic E-state index is 14.7. The van der Waals surface area contributed by atoms with E-state index < -0.39 is 17.4 Å². The van der Waals surface area contributed by atoms with Crippen LogP contribution < -0.4 is 0 Å². The van der Waals surface area contributed by atoms with Gasteiger partial charge in [0.15, 0.2) is 0 Å². The van der Waals surface area contributed by atoms with Crippen LogP contribution in [0.5, 0.6) is 0 Å². The summed E-state index contributed by atoms with van der Waals surface area (Å²) < 4.78 is 14.7. The van der Waals surface area contributed by atoms with E-state index in [0.29, 0.717) is 12.3 Å². The van der Waals surface area contributed by atoms with Gasteiger partial charge in [-0.05, 0) is 61.7 Å². The van der Waals surface area contributed by atoms with Gasteiger partial charge in [0, 0.05) is 11.8 Å². The summed E-state index contributed by atoms with van der Waals surface area (Å²) in [5.41, 5.74) is 0.969. The van der Waals surface area contributed by atoms with Crippen LogP contribution in [0.15, 0.2) is 11.6 Å². The molecule has 0 radical (unpaired) electrons. The Morgan fingerprint density at radius 2 is 1.82 bits per heavy atom. The first-order valence-corrected chi connectivity index (χ1v) is 9.10. The zero-order valence-electron chi connectivity index (χ0n) is 13.8. The summed E-state index contributed by atoms with van der Waals surface area (Å²) in [5.74, 6) is -1.38. The first-order valence-electron chi connectivity index (χ1n) is 9.10. The summed E-state index contributed by atoms with van der Waals surface area (Å²) in [7, 11) is 0. The molecule has 2 unspecified atom stereocenters. The summed E-state index contributed by atoms with van der Waals surface area (Å²) in [6, 6.07) is 0. The highest BCUT2D eigenvalue weighted by Crippen LogP contribution is 2.67. The molecule has 3 heteroatoms. The summed E-state index contributed by atoms with van der Waals surface area (Å²) >= 11 is 0. The molecule has 2 N–H and O–H groups in total. The van der Waals surface area contributed by atoms with Gasteiger partial charge in [-0.3, -0.25) is 0 Å². The molecule has 0 bridgehead atoms. The molecule has 0 amide bonds. The molecular formula is C19H29FO2. The smallest absolute Gasteiger partial charge is 0.212 e. The van der Waals surface area contributed by atoms with Gasteiger partial charge in [0.2, 0.25) is 5.85 Å². The summed E-state index contributed by atoms with van der Waals surface area (Å²) in [5, 5.41) is 21.1. The number of rotatable bonds is 0. The first kappa shape index (κ1) is 15.1. The topological polar surface area (TPSA) is 40.5 Å². The molecule has 3 saturated carbocycles. The highest BCUT2D eigenvalue weighted by atomic mass is 19.2. The zero-order chi connectivity index (χ0) is 15.8. The van der Waals surface area contributed by atoms with Crippen molar-refractivity contribution in [2.75, 3.05) is 0 Å². The zero-order valence-corrected chi connectivity index (χ0v) is 13.8. The van der Waals surface area contributed by atoms with Crippen molar-refractivity contribution in [2.24, 2.45) is 28.6 Å². The number of fused-ring (bicyclic) bond motifs is 5. The van der Waals surface area contributed by atoms with Crippen molar-refractivity contribution < 1.29 is 14.6 Å². The van der Waals surface area contributed by atoms with E-state index in [1.54, 1.807) is 0 Å². The Morgan fingerprint density at radius 1 is 1.09 bits per heavy atom. The van der Waals surface area contributed by atoms with Crippen molar-refractivity contribution in [3.63, 3.8) is 0 Å². The van der Waals surface area contributed by atoms with E-state index in [0.717, 1.165) is 19.3 Å². The maximum absolute atomic E-state index is 14.7. The Bertz CT molecular complexity index is 514. The third-order valence-electron chi connectivity index (χ3n) is 8.09. The van der Waals surface area contributed by atoms with E-state index in [9.17, 15) is 14.6 Å². The minimum Gasteiger partial charge on any atom is -0.389 e. The number of halogens is 1. The maximum Gasteiger partial charge on any atom is 0.212 e. The lowest BCUT2D eigenvalue weighted by atomic mass is 9.47. The number of hydrogen-bond acceptors (Lipinski definition) is 2. The predicted octanol–water partition coefficient (Wildman–Crippen LogP) is 3.97. The van der Waals surface area contributed by atoms with Crippen molar-refractivity contribution in [3.8, 4) is 0 Å². The van der Waals surface area contributed by atoms with E-state index in [-0.39, 0.29) is 23.7 Å². The Labute approximate surface area is 132 Å². The second-order valence-corrected chi connectivity index (χ2v) is 8.85. The number of allylic oxidation sites excluding steroid dienone is 1. The van der Waals surface area contributed by atoms with Gasteiger partial charge in [0.25, 0.3) is 0 Å². The molecule has 0 spiro atoms. The fourth-order valence-electron chi connectivity index (χ4n) is 6.64. The highest BCUT2D eigenvalue weighted by Gasteiger charge is 2.65. The number of aliphatic hydroxyl groups is 2. The average molecular weight is 308 g/mol. The Kier molecular flexibility index (Phi) is 3.14. The van der Waals surface area contributed by atoms with Crippen LogP contribution in [0.3, 0.4) is 0 Å². The van der Waals surface area contributed by atoms with Gasteiger partial charge in [0.05, 0.1) is 6.10 Å². The molecule has 0 heterocycles. The Balaban J connectivity index is 1.76. The molecule has 22 heavy (non-hydrogen) atoms. The van der Waals surface area contributed by atoms with Crippen LogP contribution in [0.2, 0.25) is 0 Å². The molecule has 124 valence electrons. The quantitative estimate of drug-likeness (QED) is 0.665. The molecular weight excluding hydrogens is 279 g/mol. The Hall–Kier alpha value is -0.410. The van der Waals surface area contributed by atoms with Crippen LogP contribution in [0, 0.1) is 28.6 Å². The first-order chi connectivity index (χ1) is 10.3. The lowest BCUT2D eigenvalue weighted by molar-refractivity contribution is -0.204. The molecule has 3 fully saturated rings. The molecule has 0 aromatic rings. The third kappa shape index (κ3) is 1.73. The monoisotopic (exact) mass is 308 g/mol. The number of hydrogen-bond donors (Lipinski definition) is 2. The van der Waals surface area contributed by atoms with Crippen LogP contribution in [0.1, 0.15) is 65.2 Å². The van der Waals surface area contributed by atoms with E-state index in [4.69, 9.17) is 0 Å². The molecule has 2 nitrogen and oxygen atoms in total. The number of aliphatic hydroxyl groups excluding tert-OH is 1. The fraction of sp³-hybridized carbons (Fsp3) is 0.895.